The average molecular weight is 357 g/mol. The summed E-state index contributed by atoms with van der Waals surface area (Å²) in [5.41, 5.74) is 0. The van der Waals surface area contributed by atoms with Crippen molar-refractivity contribution in [3.05, 3.63) is 0 Å². The number of rotatable bonds is 9. The lowest BCUT2D eigenvalue weighted by Crippen LogP contribution is -2.46. The molecule has 24 heavy (non-hydrogen) atoms. The van der Waals surface area contributed by atoms with Crippen molar-refractivity contribution in [1.82, 2.24) is 9.80 Å². The van der Waals surface area contributed by atoms with Gasteiger partial charge in [-0.3, -0.25) is 14.4 Å². The van der Waals surface area contributed by atoms with Gasteiger partial charge in [0.15, 0.2) is 0 Å². The van der Waals surface area contributed by atoms with Crippen LogP contribution in [0.15, 0.2) is 0 Å². The van der Waals surface area contributed by atoms with Crippen LogP contribution in [0, 0.1) is 0 Å². The van der Waals surface area contributed by atoms with Crippen molar-refractivity contribution >= 4 is 13.2 Å². The Labute approximate surface area is 145 Å². The first-order valence-corrected chi connectivity index (χ1v) is 8.96. The van der Waals surface area contributed by atoms with Gasteiger partial charge in [0.25, 0.3) is 0 Å². The van der Waals surface area contributed by atoms with Crippen molar-refractivity contribution in [1.29, 1.82) is 0 Å². The van der Waals surface area contributed by atoms with Gasteiger partial charge in [-0.25, -0.2) is 0 Å². The molecule has 3 nitrogen and oxygen atoms in total. The summed E-state index contributed by atoms with van der Waals surface area (Å²) in [4.78, 5) is 4.85. The van der Waals surface area contributed by atoms with E-state index in [2.05, 4.69) is 56.3 Å². The number of nitrogens with zero attached hydrogens (tertiary/aromatic N) is 3. The Balaban J connectivity index is 0. The maximum Gasteiger partial charge on any atom is 0.673 e. The third-order valence-corrected chi connectivity index (χ3v) is 3.57. The lowest BCUT2D eigenvalue weighted by atomic mass is 10.3. The molecule has 0 unspecified atom stereocenters. The van der Waals surface area contributed by atoms with Crippen molar-refractivity contribution < 1.29 is 21.8 Å². The third kappa shape index (κ3) is 15.9. The molecule has 0 atom stereocenters. The molecule has 0 radical (unpaired) electrons. The molecule has 0 saturated carbocycles. The van der Waals surface area contributed by atoms with Crippen LogP contribution in [0.2, 0.25) is 0 Å². The number of halogens is 4. The van der Waals surface area contributed by atoms with Gasteiger partial charge in [0.1, 0.15) is 0 Å². The lowest BCUT2D eigenvalue weighted by molar-refractivity contribution is -0.508. The Bertz CT molecular complexity index is 314. The summed E-state index contributed by atoms with van der Waals surface area (Å²) >= 11 is 0. The molecule has 0 aromatic heterocycles. The zero-order chi connectivity index (χ0) is 19.2. The van der Waals surface area contributed by atoms with Gasteiger partial charge in [0.05, 0.1) is 40.8 Å². The van der Waals surface area contributed by atoms with E-state index in [-0.39, 0.29) is 0 Å². The van der Waals surface area contributed by atoms with E-state index in [9.17, 15) is 17.3 Å². The Hall–Kier alpha value is -0.945. The summed E-state index contributed by atoms with van der Waals surface area (Å²) in [6.07, 6.45) is 7.58. The fourth-order valence-electron chi connectivity index (χ4n) is 2.36. The molecule has 0 saturated heterocycles. The quantitative estimate of drug-likeness (QED) is 0.197. The standard InChI is InChI=1S/C16H36N3.BF4/c1-7-10-13-17(4)16(18(5)14-11-8-2)19(6)15-12-9-3;2-1(3,4)5/h7-15H2,1-6H3;/q+1;-1. The molecular weight excluding hydrogens is 321 g/mol. The Morgan fingerprint density at radius 1 is 0.792 bits per heavy atom. The number of hydrogen-bond donors (Lipinski definition) is 0. The second-order valence-corrected chi connectivity index (χ2v) is 6.12. The first-order valence-electron chi connectivity index (χ1n) is 8.96. The molecule has 0 fully saturated rings. The molecule has 0 aromatic carbocycles. The van der Waals surface area contributed by atoms with E-state index in [1.807, 2.05) is 0 Å². The number of guanidine groups is 1. The normalized spacial score (nSPS) is 10.8. The molecule has 146 valence electrons. The van der Waals surface area contributed by atoms with Gasteiger partial charge in [-0.05, 0) is 19.3 Å². The topological polar surface area (TPSA) is 9.49 Å². The fourth-order valence-corrected chi connectivity index (χ4v) is 2.36. The summed E-state index contributed by atoms with van der Waals surface area (Å²) in [6.45, 7) is 10.2. The first-order chi connectivity index (χ1) is 11.1. The third-order valence-electron chi connectivity index (χ3n) is 3.57. The summed E-state index contributed by atoms with van der Waals surface area (Å²) in [6, 6.07) is 0. The lowest BCUT2D eigenvalue weighted by Gasteiger charge is -2.25. The van der Waals surface area contributed by atoms with Crippen molar-refractivity contribution in [3.8, 4) is 0 Å². The Morgan fingerprint density at radius 2 is 1.12 bits per heavy atom. The maximum atomic E-state index is 9.75. The Kier molecular flexibility index (Phi) is 15.2. The molecule has 8 heteroatoms. The minimum absolute atomic E-state index is 1.15. The van der Waals surface area contributed by atoms with E-state index in [1.165, 1.54) is 44.5 Å². The molecule has 0 bridgehead atoms. The smallest absolute Gasteiger partial charge is 0.418 e. The monoisotopic (exact) mass is 357 g/mol. The highest BCUT2D eigenvalue weighted by Crippen LogP contribution is 2.06. The highest BCUT2D eigenvalue weighted by atomic mass is 19.5. The summed E-state index contributed by atoms with van der Waals surface area (Å²) < 4.78 is 41.4. The van der Waals surface area contributed by atoms with E-state index in [0.717, 1.165) is 19.6 Å². The molecular formula is C16H36BF4N3. The van der Waals surface area contributed by atoms with Gasteiger partial charge in [0, 0.05) is 0 Å². The Morgan fingerprint density at radius 3 is 1.42 bits per heavy atom. The van der Waals surface area contributed by atoms with E-state index in [1.54, 1.807) is 0 Å². The molecule has 0 heterocycles. The number of hydrogen-bond acceptors (Lipinski definition) is 0. The van der Waals surface area contributed by atoms with Crippen molar-refractivity contribution in [2.45, 2.75) is 59.3 Å². The van der Waals surface area contributed by atoms with Gasteiger partial charge in [-0.2, -0.15) is 0 Å². The molecule has 0 aromatic rings. The summed E-state index contributed by atoms with van der Waals surface area (Å²) in [7, 11) is 0.696. The van der Waals surface area contributed by atoms with Crippen LogP contribution in [0.25, 0.3) is 0 Å². The second kappa shape index (κ2) is 14.4. The van der Waals surface area contributed by atoms with Crippen LogP contribution in [0.5, 0.6) is 0 Å². The summed E-state index contributed by atoms with van der Waals surface area (Å²) in [5.74, 6) is 1.38. The minimum atomic E-state index is -6.00. The SMILES string of the molecule is CCCCN(C)C(N(C)CCCC)=[N+](C)CCCC.F[B-](F)(F)F. The highest BCUT2D eigenvalue weighted by molar-refractivity contribution is 6.50. The average Bonchev–Trinajstić information content (AvgIpc) is 2.47. The first kappa shape index (κ1) is 25.3. The second-order valence-electron chi connectivity index (χ2n) is 6.12. The van der Waals surface area contributed by atoms with Crippen molar-refractivity contribution in [2.75, 3.05) is 40.8 Å². The van der Waals surface area contributed by atoms with Crippen LogP contribution in [-0.4, -0.2) is 68.4 Å². The van der Waals surface area contributed by atoms with Gasteiger partial charge < -0.3 is 17.3 Å². The zero-order valence-electron chi connectivity index (χ0n) is 16.3. The zero-order valence-corrected chi connectivity index (χ0v) is 16.3. The van der Waals surface area contributed by atoms with E-state index >= 15 is 0 Å². The predicted octanol–water partition coefficient (Wildman–Crippen LogP) is 4.55. The van der Waals surface area contributed by atoms with Crippen LogP contribution in [0.3, 0.4) is 0 Å². The van der Waals surface area contributed by atoms with E-state index < -0.39 is 7.25 Å². The predicted molar refractivity (Wildman–Crippen MR) is 96.2 cm³/mol. The van der Waals surface area contributed by atoms with E-state index in [4.69, 9.17) is 0 Å². The molecule has 0 N–H and O–H groups in total. The van der Waals surface area contributed by atoms with Crippen molar-refractivity contribution in [2.24, 2.45) is 0 Å². The van der Waals surface area contributed by atoms with Crippen molar-refractivity contribution in [3.63, 3.8) is 0 Å². The van der Waals surface area contributed by atoms with E-state index in [0.29, 0.717) is 0 Å². The molecule has 0 amide bonds. The molecule has 0 spiro atoms. The van der Waals surface area contributed by atoms with Crippen LogP contribution < -0.4 is 0 Å². The largest absolute Gasteiger partial charge is 0.673 e. The molecule has 0 rings (SSSR count). The fraction of sp³-hybridized carbons (Fsp3) is 0.938. The van der Waals surface area contributed by atoms with Crippen LogP contribution in [0.1, 0.15) is 59.3 Å². The molecule has 0 aliphatic carbocycles. The van der Waals surface area contributed by atoms with Crippen LogP contribution in [0.4, 0.5) is 17.3 Å². The van der Waals surface area contributed by atoms with Gasteiger partial charge in [-0.15, -0.1) is 0 Å². The highest BCUT2D eigenvalue weighted by Gasteiger charge is 2.21. The maximum absolute atomic E-state index is 9.75. The molecule has 0 aliphatic rings. The minimum Gasteiger partial charge on any atom is -0.418 e. The van der Waals surface area contributed by atoms with Crippen LogP contribution in [-0.2, 0) is 0 Å². The van der Waals surface area contributed by atoms with Gasteiger partial charge in [-0.1, -0.05) is 40.0 Å². The van der Waals surface area contributed by atoms with Gasteiger partial charge >= 0.3 is 13.2 Å². The molecule has 0 aliphatic heterocycles. The summed E-state index contributed by atoms with van der Waals surface area (Å²) in [5, 5.41) is 0. The van der Waals surface area contributed by atoms with Crippen LogP contribution >= 0.6 is 0 Å². The number of unbranched alkanes of at least 4 members (excludes halogenated alkanes) is 3. The van der Waals surface area contributed by atoms with Gasteiger partial charge in [0.2, 0.25) is 0 Å².